The zero-order valence-electron chi connectivity index (χ0n) is 14.0. The first-order valence-electron chi connectivity index (χ1n) is 7.55. The Morgan fingerprint density at radius 2 is 1.83 bits per heavy atom. The Bertz CT molecular complexity index is 643. The summed E-state index contributed by atoms with van der Waals surface area (Å²) in [6, 6.07) is 11.2. The van der Waals surface area contributed by atoms with Gasteiger partial charge in [0.25, 0.3) is 5.91 Å². The van der Waals surface area contributed by atoms with Crippen LogP contribution in [0.15, 0.2) is 42.6 Å². The molecule has 2 aromatic rings. The summed E-state index contributed by atoms with van der Waals surface area (Å²) in [6.45, 7) is 8.17. The quantitative estimate of drug-likeness (QED) is 0.885. The molecule has 0 unspecified atom stereocenters. The number of anilines is 2. The lowest BCUT2D eigenvalue weighted by Gasteiger charge is -2.21. The number of hydrogen-bond donors (Lipinski definition) is 2. The van der Waals surface area contributed by atoms with Gasteiger partial charge in [0.15, 0.2) is 6.61 Å². The van der Waals surface area contributed by atoms with E-state index in [1.165, 1.54) is 0 Å². The topological polar surface area (TPSA) is 63.2 Å². The Morgan fingerprint density at radius 3 is 2.39 bits per heavy atom. The largest absolute Gasteiger partial charge is 0.484 e. The molecule has 0 aliphatic rings. The molecule has 23 heavy (non-hydrogen) atoms. The Kier molecular flexibility index (Phi) is 5.21. The number of carbonyl (C=O) groups is 1. The highest BCUT2D eigenvalue weighted by atomic mass is 16.5. The van der Waals surface area contributed by atoms with Gasteiger partial charge in [-0.2, -0.15) is 0 Å². The van der Waals surface area contributed by atoms with Crippen molar-refractivity contribution in [1.82, 2.24) is 4.98 Å². The molecule has 0 atom stereocenters. The second-order valence-corrected chi connectivity index (χ2v) is 6.46. The van der Waals surface area contributed by atoms with Crippen molar-refractivity contribution in [1.29, 1.82) is 0 Å². The van der Waals surface area contributed by atoms with Gasteiger partial charge in [-0.3, -0.25) is 4.79 Å². The number of pyridine rings is 1. The van der Waals surface area contributed by atoms with Crippen LogP contribution in [0, 0.1) is 6.92 Å². The van der Waals surface area contributed by atoms with Gasteiger partial charge in [0.2, 0.25) is 0 Å². The Hall–Kier alpha value is -2.56. The normalized spacial score (nSPS) is 11.0. The smallest absolute Gasteiger partial charge is 0.263 e. The third-order valence-corrected chi connectivity index (χ3v) is 2.94. The first-order valence-corrected chi connectivity index (χ1v) is 7.55. The van der Waals surface area contributed by atoms with E-state index < -0.39 is 0 Å². The number of amides is 1. The number of benzene rings is 1. The second-order valence-electron chi connectivity index (χ2n) is 6.46. The first kappa shape index (κ1) is 16.8. The third kappa shape index (κ3) is 5.98. The van der Waals surface area contributed by atoms with Gasteiger partial charge in [-0.1, -0.05) is 17.7 Å². The van der Waals surface area contributed by atoms with Crippen molar-refractivity contribution in [3.8, 4) is 5.75 Å². The van der Waals surface area contributed by atoms with Crippen LogP contribution in [0.5, 0.6) is 5.75 Å². The maximum absolute atomic E-state index is 11.9. The molecule has 2 N–H and O–H groups in total. The van der Waals surface area contributed by atoms with Crippen LogP contribution in [0.4, 0.5) is 11.5 Å². The van der Waals surface area contributed by atoms with Crippen LogP contribution in [-0.2, 0) is 4.79 Å². The summed E-state index contributed by atoms with van der Waals surface area (Å²) in [5.74, 6) is 0.931. The van der Waals surface area contributed by atoms with Crippen molar-refractivity contribution in [2.24, 2.45) is 0 Å². The van der Waals surface area contributed by atoms with E-state index in [2.05, 4.69) is 36.4 Å². The average Bonchev–Trinajstić information content (AvgIpc) is 2.47. The summed E-state index contributed by atoms with van der Waals surface area (Å²) in [5.41, 5.74) is 2.02. The number of nitrogens with zero attached hydrogens (tertiary/aromatic N) is 1. The maximum Gasteiger partial charge on any atom is 0.263 e. The fraction of sp³-hybridized carbons (Fsp3) is 0.333. The minimum absolute atomic E-state index is 0.0334. The standard InChI is InChI=1S/C18H23N3O2/c1-13-5-8-15(9-6-13)23-12-17(22)20-16-10-7-14(11-19-16)21-18(2,3)4/h5-11,21H,12H2,1-4H3,(H,19,20,22). The number of aromatic nitrogens is 1. The molecular formula is C18H23N3O2. The molecule has 0 radical (unpaired) electrons. The zero-order valence-corrected chi connectivity index (χ0v) is 14.0. The number of rotatable bonds is 5. The van der Waals surface area contributed by atoms with Gasteiger partial charge >= 0.3 is 0 Å². The SMILES string of the molecule is Cc1ccc(OCC(=O)Nc2ccc(NC(C)(C)C)cn2)cc1. The Labute approximate surface area is 137 Å². The van der Waals surface area contributed by atoms with E-state index in [4.69, 9.17) is 4.74 Å². The van der Waals surface area contributed by atoms with Crippen LogP contribution in [0.1, 0.15) is 26.3 Å². The summed E-state index contributed by atoms with van der Waals surface area (Å²) < 4.78 is 5.43. The summed E-state index contributed by atoms with van der Waals surface area (Å²) in [5, 5.41) is 6.02. The highest BCUT2D eigenvalue weighted by Gasteiger charge is 2.10. The fourth-order valence-corrected chi connectivity index (χ4v) is 1.94. The molecule has 1 aromatic heterocycles. The average molecular weight is 313 g/mol. The lowest BCUT2D eigenvalue weighted by molar-refractivity contribution is -0.118. The van der Waals surface area contributed by atoms with Crippen molar-refractivity contribution in [2.45, 2.75) is 33.2 Å². The van der Waals surface area contributed by atoms with Crippen molar-refractivity contribution in [2.75, 3.05) is 17.2 Å². The molecule has 0 aliphatic carbocycles. The van der Waals surface area contributed by atoms with E-state index in [0.29, 0.717) is 11.6 Å². The predicted molar refractivity (Wildman–Crippen MR) is 92.9 cm³/mol. The van der Waals surface area contributed by atoms with Gasteiger partial charge in [-0.15, -0.1) is 0 Å². The minimum Gasteiger partial charge on any atom is -0.484 e. The zero-order chi connectivity index (χ0) is 16.9. The van der Waals surface area contributed by atoms with E-state index in [1.54, 1.807) is 12.3 Å². The molecule has 1 aromatic carbocycles. The van der Waals surface area contributed by atoms with Crippen LogP contribution in [0.2, 0.25) is 0 Å². The molecule has 0 spiro atoms. The lowest BCUT2D eigenvalue weighted by atomic mass is 10.1. The first-order chi connectivity index (χ1) is 10.8. The van der Waals surface area contributed by atoms with E-state index in [1.807, 2.05) is 37.3 Å². The van der Waals surface area contributed by atoms with Gasteiger partial charge in [-0.05, 0) is 52.0 Å². The van der Waals surface area contributed by atoms with Crippen molar-refractivity contribution in [3.63, 3.8) is 0 Å². The number of carbonyl (C=O) groups excluding carboxylic acids is 1. The van der Waals surface area contributed by atoms with E-state index in [-0.39, 0.29) is 18.1 Å². The number of aryl methyl sites for hydroxylation is 1. The summed E-state index contributed by atoms with van der Waals surface area (Å²) >= 11 is 0. The molecule has 122 valence electrons. The Morgan fingerprint density at radius 1 is 1.13 bits per heavy atom. The highest BCUT2D eigenvalue weighted by Crippen LogP contribution is 2.15. The van der Waals surface area contributed by atoms with Crippen LogP contribution in [0.25, 0.3) is 0 Å². The van der Waals surface area contributed by atoms with Crippen molar-refractivity contribution in [3.05, 3.63) is 48.2 Å². The molecule has 0 aliphatic heterocycles. The molecule has 0 saturated heterocycles. The van der Waals surface area contributed by atoms with Gasteiger partial charge < -0.3 is 15.4 Å². The molecule has 5 heteroatoms. The number of nitrogens with one attached hydrogen (secondary N) is 2. The van der Waals surface area contributed by atoms with Gasteiger partial charge in [0.05, 0.1) is 11.9 Å². The third-order valence-electron chi connectivity index (χ3n) is 2.94. The van der Waals surface area contributed by atoms with E-state index in [0.717, 1.165) is 11.3 Å². The number of hydrogen-bond acceptors (Lipinski definition) is 4. The molecule has 5 nitrogen and oxygen atoms in total. The summed E-state index contributed by atoms with van der Waals surface area (Å²) in [7, 11) is 0. The summed E-state index contributed by atoms with van der Waals surface area (Å²) in [4.78, 5) is 16.1. The molecule has 1 heterocycles. The molecule has 0 fully saturated rings. The molecular weight excluding hydrogens is 290 g/mol. The minimum atomic E-state index is -0.241. The maximum atomic E-state index is 11.9. The molecule has 2 rings (SSSR count). The van der Waals surface area contributed by atoms with Crippen LogP contribution >= 0.6 is 0 Å². The van der Waals surface area contributed by atoms with Crippen molar-refractivity contribution < 1.29 is 9.53 Å². The fourth-order valence-electron chi connectivity index (χ4n) is 1.94. The molecule has 0 saturated carbocycles. The van der Waals surface area contributed by atoms with Gasteiger partial charge in [0.1, 0.15) is 11.6 Å². The predicted octanol–water partition coefficient (Wildman–Crippen LogP) is 3.62. The number of ether oxygens (including phenoxy) is 1. The van der Waals surface area contributed by atoms with E-state index in [9.17, 15) is 4.79 Å². The highest BCUT2D eigenvalue weighted by molar-refractivity contribution is 5.91. The Balaban J connectivity index is 1.84. The van der Waals surface area contributed by atoms with Crippen LogP contribution < -0.4 is 15.4 Å². The molecule has 0 bridgehead atoms. The molecule has 1 amide bonds. The van der Waals surface area contributed by atoms with Gasteiger partial charge in [0, 0.05) is 5.54 Å². The monoisotopic (exact) mass is 313 g/mol. The lowest BCUT2D eigenvalue weighted by Crippen LogP contribution is -2.26. The van der Waals surface area contributed by atoms with Gasteiger partial charge in [-0.25, -0.2) is 4.98 Å². The van der Waals surface area contributed by atoms with Crippen LogP contribution in [0.3, 0.4) is 0 Å². The van der Waals surface area contributed by atoms with Crippen molar-refractivity contribution >= 4 is 17.4 Å². The second kappa shape index (κ2) is 7.13. The van der Waals surface area contributed by atoms with E-state index >= 15 is 0 Å². The van der Waals surface area contributed by atoms with Crippen LogP contribution in [-0.4, -0.2) is 23.0 Å². The summed E-state index contributed by atoms with van der Waals surface area (Å²) in [6.07, 6.45) is 1.70.